The van der Waals surface area contributed by atoms with E-state index in [9.17, 15) is 0 Å². The first-order chi connectivity index (χ1) is 3.35. The first-order valence-corrected chi connectivity index (χ1v) is 2.04. The van der Waals surface area contributed by atoms with Gasteiger partial charge in [0.15, 0.2) is 0 Å². The zero-order valence-corrected chi connectivity index (χ0v) is 4.09. The smallest absolute Gasteiger partial charge is 0.0663 e. The number of hydrogen-bond donors (Lipinski definition) is 2. The Morgan fingerprint density at radius 2 is 1.86 bits per heavy atom. The van der Waals surface area contributed by atoms with Crippen LogP contribution in [0.5, 0.6) is 0 Å². The molecule has 0 aromatic rings. The van der Waals surface area contributed by atoms with Crippen LogP contribution in [-0.4, -0.2) is 23.4 Å². The van der Waals surface area contributed by atoms with E-state index in [1.807, 2.05) is 0 Å². The van der Waals surface area contributed by atoms with Gasteiger partial charge in [-0.05, 0) is 12.5 Å². The van der Waals surface area contributed by atoms with Crippen LogP contribution in [0.25, 0.3) is 0 Å². The summed E-state index contributed by atoms with van der Waals surface area (Å²) >= 11 is 0. The minimum atomic E-state index is -0.0972. The summed E-state index contributed by atoms with van der Waals surface area (Å²) in [5.74, 6) is 0. The van der Waals surface area contributed by atoms with Crippen LogP contribution in [0.2, 0.25) is 0 Å². The molecular formula is C5H9O2. The lowest BCUT2D eigenvalue weighted by Crippen LogP contribution is -1.93. The summed E-state index contributed by atoms with van der Waals surface area (Å²) < 4.78 is 0. The van der Waals surface area contributed by atoms with Gasteiger partial charge in [-0.3, -0.25) is 0 Å². The molecule has 0 unspecified atom stereocenters. The lowest BCUT2D eigenvalue weighted by atomic mass is 10.3. The molecule has 41 valence electrons. The van der Waals surface area contributed by atoms with E-state index in [2.05, 4.69) is 6.92 Å². The monoisotopic (exact) mass is 101 g/mol. The third-order valence-electron chi connectivity index (χ3n) is 0.695. The molecule has 0 aliphatic heterocycles. The molecule has 0 spiro atoms. The van der Waals surface area contributed by atoms with Gasteiger partial charge < -0.3 is 10.2 Å². The van der Waals surface area contributed by atoms with Crippen LogP contribution in [0.4, 0.5) is 0 Å². The summed E-state index contributed by atoms with van der Waals surface area (Å²) in [7, 11) is 0. The number of rotatable bonds is 2. The van der Waals surface area contributed by atoms with Gasteiger partial charge in [-0.15, -0.1) is 0 Å². The highest BCUT2D eigenvalue weighted by molar-refractivity contribution is 5.03. The maximum atomic E-state index is 8.26. The number of allylic oxidation sites excluding steroid dienone is 1. The molecule has 2 nitrogen and oxygen atoms in total. The molecule has 2 heteroatoms. The molecule has 0 saturated carbocycles. The topological polar surface area (TPSA) is 40.5 Å². The van der Waals surface area contributed by atoms with E-state index in [-0.39, 0.29) is 13.2 Å². The van der Waals surface area contributed by atoms with Crippen molar-refractivity contribution in [1.29, 1.82) is 0 Å². The average molecular weight is 101 g/mol. The second kappa shape index (κ2) is 3.84. The average Bonchev–Trinajstić information content (AvgIpc) is 1.72. The van der Waals surface area contributed by atoms with Gasteiger partial charge in [0.25, 0.3) is 0 Å². The maximum absolute atomic E-state index is 8.26. The molecule has 0 aromatic carbocycles. The Labute approximate surface area is 43.1 Å². The standard InChI is InChI=1S/C5H9O2/c1-2-5(3-6)4-7/h2,6-7H,1,3-4H2. The predicted molar refractivity (Wildman–Crippen MR) is 27.6 cm³/mol. The van der Waals surface area contributed by atoms with Crippen molar-refractivity contribution >= 4 is 0 Å². The molecule has 0 heterocycles. The molecule has 0 rings (SSSR count). The Morgan fingerprint density at radius 1 is 1.43 bits per heavy atom. The van der Waals surface area contributed by atoms with Crippen LogP contribution in [0.1, 0.15) is 0 Å². The van der Waals surface area contributed by atoms with Gasteiger partial charge in [-0.2, -0.15) is 0 Å². The first-order valence-electron chi connectivity index (χ1n) is 2.04. The molecule has 0 saturated heterocycles. The first kappa shape index (κ1) is 6.66. The van der Waals surface area contributed by atoms with E-state index in [0.29, 0.717) is 5.57 Å². The highest BCUT2D eigenvalue weighted by Gasteiger charge is 1.85. The van der Waals surface area contributed by atoms with Gasteiger partial charge in [-0.1, -0.05) is 6.08 Å². The molecule has 0 amide bonds. The highest BCUT2D eigenvalue weighted by Crippen LogP contribution is 1.86. The summed E-state index contributed by atoms with van der Waals surface area (Å²) in [6.07, 6.45) is 1.44. The molecule has 0 bridgehead atoms. The molecule has 7 heavy (non-hydrogen) atoms. The molecule has 1 radical (unpaired) electrons. The van der Waals surface area contributed by atoms with Crippen molar-refractivity contribution in [2.24, 2.45) is 0 Å². The maximum Gasteiger partial charge on any atom is 0.0663 e. The molecule has 0 atom stereocenters. The van der Waals surface area contributed by atoms with Crippen LogP contribution in [0.3, 0.4) is 0 Å². The second-order valence-corrected chi connectivity index (χ2v) is 1.18. The van der Waals surface area contributed by atoms with E-state index in [1.54, 1.807) is 0 Å². The summed E-state index contributed by atoms with van der Waals surface area (Å²) in [4.78, 5) is 0. The van der Waals surface area contributed by atoms with Crippen molar-refractivity contribution in [2.45, 2.75) is 0 Å². The van der Waals surface area contributed by atoms with Gasteiger partial charge in [0.05, 0.1) is 13.2 Å². The quantitative estimate of drug-likeness (QED) is 0.502. The van der Waals surface area contributed by atoms with Gasteiger partial charge in [0.2, 0.25) is 0 Å². The summed E-state index contributed by atoms with van der Waals surface area (Å²) in [5, 5.41) is 16.5. The molecule has 0 fully saturated rings. The van der Waals surface area contributed by atoms with E-state index < -0.39 is 0 Å². The zero-order valence-electron chi connectivity index (χ0n) is 4.09. The third kappa shape index (κ3) is 2.37. The fourth-order valence-electron chi connectivity index (χ4n) is 0.179. The van der Waals surface area contributed by atoms with Gasteiger partial charge in [0, 0.05) is 0 Å². The minimum Gasteiger partial charge on any atom is -0.392 e. The van der Waals surface area contributed by atoms with Gasteiger partial charge >= 0.3 is 0 Å². The normalized spacial score (nSPS) is 8.43. The lowest BCUT2D eigenvalue weighted by molar-refractivity contribution is 0.276. The van der Waals surface area contributed by atoms with Crippen LogP contribution < -0.4 is 0 Å². The Hall–Kier alpha value is -0.340. The fourth-order valence-corrected chi connectivity index (χ4v) is 0.179. The third-order valence-corrected chi connectivity index (χ3v) is 0.695. The minimum absolute atomic E-state index is 0.0972. The van der Waals surface area contributed by atoms with Crippen molar-refractivity contribution in [3.8, 4) is 0 Å². The van der Waals surface area contributed by atoms with Crippen molar-refractivity contribution in [3.05, 3.63) is 18.6 Å². The summed E-state index contributed by atoms with van der Waals surface area (Å²) in [6, 6.07) is 0. The van der Waals surface area contributed by atoms with Crippen LogP contribution in [0.15, 0.2) is 11.6 Å². The van der Waals surface area contributed by atoms with Gasteiger partial charge in [-0.25, -0.2) is 0 Å². The fraction of sp³-hybridized carbons (Fsp3) is 0.400. The predicted octanol–water partition coefficient (Wildman–Crippen LogP) is -0.269. The number of hydrogen-bond acceptors (Lipinski definition) is 2. The molecule has 0 aromatic heterocycles. The van der Waals surface area contributed by atoms with E-state index in [1.165, 1.54) is 6.08 Å². The number of aliphatic hydroxyl groups excluding tert-OH is 2. The van der Waals surface area contributed by atoms with E-state index >= 15 is 0 Å². The Bertz CT molecular complexity index is 60.5. The van der Waals surface area contributed by atoms with Crippen molar-refractivity contribution < 1.29 is 10.2 Å². The molecule has 2 N–H and O–H groups in total. The SMILES string of the molecule is [CH2]C=C(CO)CO. The lowest BCUT2D eigenvalue weighted by Gasteiger charge is -1.91. The zero-order chi connectivity index (χ0) is 5.70. The van der Waals surface area contributed by atoms with Crippen molar-refractivity contribution in [3.63, 3.8) is 0 Å². The van der Waals surface area contributed by atoms with E-state index in [0.717, 1.165) is 0 Å². The van der Waals surface area contributed by atoms with Crippen molar-refractivity contribution in [2.75, 3.05) is 13.2 Å². The Balaban J connectivity index is 3.38. The second-order valence-electron chi connectivity index (χ2n) is 1.18. The van der Waals surface area contributed by atoms with Crippen LogP contribution in [0, 0.1) is 6.92 Å². The Kier molecular flexibility index (Phi) is 3.65. The highest BCUT2D eigenvalue weighted by atomic mass is 16.3. The van der Waals surface area contributed by atoms with Gasteiger partial charge in [0.1, 0.15) is 0 Å². The molecular weight excluding hydrogens is 92.1 g/mol. The summed E-state index contributed by atoms with van der Waals surface area (Å²) in [6.45, 7) is 3.15. The molecule has 0 aliphatic rings. The summed E-state index contributed by atoms with van der Waals surface area (Å²) in [5.41, 5.74) is 0.556. The Morgan fingerprint density at radius 3 is 1.86 bits per heavy atom. The van der Waals surface area contributed by atoms with Crippen LogP contribution >= 0.6 is 0 Å². The van der Waals surface area contributed by atoms with E-state index in [4.69, 9.17) is 10.2 Å². The van der Waals surface area contributed by atoms with Crippen LogP contribution in [-0.2, 0) is 0 Å². The molecule has 0 aliphatic carbocycles. The van der Waals surface area contributed by atoms with Crippen molar-refractivity contribution in [1.82, 2.24) is 0 Å². The number of aliphatic hydroxyl groups is 2. The largest absolute Gasteiger partial charge is 0.392 e.